The van der Waals surface area contributed by atoms with Gasteiger partial charge in [0, 0.05) is 11.8 Å². The van der Waals surface area contributed by atoms with E-state index in [9.17, 15) is 9.59 Å². The van der Waals surface area contributed by atoms with Crippen LogP contribution >= 0.6 is 0 Å². The van der Waals surface area contributed by atoms with Gasteiger partial charge >= 0.3 is 5.97 Å². The average molecular weight is 261 g/mol. The molecule has 6 nitrogen and oxygen atoms in total. The molecule has 2 heterocycles. The number of benzene rings is 1. The molecule has 1 aromatic carbocycles. The molecule has 1 aliphatic carbocycles. The molecule has 0 bridgehead atoms. The van der Waals surface area contributed by atoms with Gasteiger partial charge in [0.05, 0.1) is 11.3 Å². The number of aliphatic carboxylic acids is 1. The Kier molecular flexibility index (Phi) is 1.80. The number of hydrogen-bond donors (Lipinski definition) is 2. The second-order valence-electron chi connectivity index (χ2n) is 5.06. The van der Waals surface area contributed by atoms with Crippen molar-refractivity contribution in [2.24, 2.45) is 5.92 Å². The third kappa shape index (κ3) is 1.21. The first-order valence-corrected chi connectivity index (χ1v) is 6.11. The second kappa shape index (κ2) is 3.20. The van der Waals surface area contributed by atoms with Gasteiger partial charge in [0.25, 0.3) is 0 Å². The van der Waals surface area contributed by atoms with Crippen molar-refractivity contribution in [1.82, 2.24) is 0 Å². The van der Waals surface area contributed by atoms with Crippen LogP contribution < -0.4 is 14.8 Å². The van der Waals surface area contributed by atoms with E-state index in [1.165, 1.54) is 0 Å². The number of hydrogen-bond acceptors (Lipinski definition) is 4. The SMILES string of the molecule is O=C(O)C1CC12C(=O)Nc1cc3c(cc12)OCCO3. The highest BCUT2D eigenvalue weighted by Gasteiger charge is 2.68. The molecule has 1 spiro atoms. The first-order valence-electron chi connectivity index (χ1n) is 6.11. The minimum atomic E-state index is -0.933. The zero-order valence-corrected chi connectivity index (χ0v) is 9.93. The van der Waals surface area contributed by atoms with E-state index in [0.29, 0.717) is 42.4 Å². The summed E-state index contributed by atoms with van der Waals surface area (Å²) < 4.78 is 10.9. The smallest absolute Gasteiger partial charge is 0.307 e. The Morgan fingerprint density at radius 2 is 2.00 bits per heavy atom. The summed E-state index contributed by atoms with van der Waals surface area (Å²) in [6.07, 6.45) is 0.348. The fourth-order valence-corrected chi connectivity index (χ4v) is 3.03. The highest BCUT2D eigenvalue weighted by molar-refractivity contribution is 6.12. The van der Waals surface area contributed by atoms with Gasteiger partial charge in [-0.3, -0.25) is 9.59 Å². The minimum Gasteiger partial charge on any atom is -0.486 e. The maximum Gasteiger partial charge on any atom is 0.307 e. The highest BCUT2D eigenvalue weighted by atomic mass is 16.6. The molecule has 19 heavy (non-hydrogen) atoms. The van der Waals surface area contributed by atoms with Crippen molar-refractivity contribution < 1.29 is 24.2 Å². The van der Waals surface area contributed by atoms with E-state index in [-0.39, 0.29) is 5.91 Å². The first kappa shape index (κ1) is 10.7. The number of carbonyl (C=O) groups excluding carboxylic acids is 1. The number of nitrogens with one attached hydrogen (secondary N) is 1. The number of ether oxygens (including phenoxy) is 2. The van der Waals surface area contributed by atoms with Crippen molar-refractivity contribution in [2.75, 3.05) is 18.5 Å². The van der Waals surface area contributed by atoms with Crippen molar-refractivity contribution in [3.63, 3.8) is 0 Å². The van der Waals surface area contributed by atoms with E-state index < -0.39 is 17.3 Å². The molecule has 6 heteroatoms. The molecule has 1 amide bonds. The number of amides is 1. The minimum absolute atomic E-state index is 0.239. The summed E-state index contributed by atoms with van der Waals surface area (Å²) in [5, 5.41) is 11.9. The monoisotopic (exact) mass is 261 g/mol. The molecule has 0 aromatic heterocycles. The van der Waals surface area contributed by atoms with Crippen molar-refractivity contribution in [3.8, 4) is 11.5 Å². The number of carboxylic acid groups (broad SMARTS) is 1. The van der Waals surface area contributed by atoms with Crippen LogP contribution in [0.15, 0.2) is 12.1 Å². The molecule has 1 saturated carbocycles. The van der Waals surface area contributed by atoms with Crippen molar-refractivity contribution in [1.29, 1.82) is 0 Å². The van der Waals surface area contributed by atoms with Crippen LogP contribution in [-0.2, 0) is 15.0 Å². The predicted molar refractivity (Wildman–Crippen MR) is 63.5 cm³/mol. The Bertz CT molecular complexity index is 626. The zero-order valence-electron chi connectivity index (χ0n) is 9.93. The van der Waals surface area contributed by atoms with Crippen LogP contribution in [0.3, 0.4) is 0 Å². The molecule has 4 rings (SSSR count). The van der Waals surface area contributed by atoms with E-state index in [2.05, 4.69) is 5.32 Å². The maximum atomic E-state index is 12.1. The lowest BCUT2D eigenvalue weighted by Gasteiger charge is -2.19. The van der Waals surface area contributed by atoms with Crippen LogP contribution in [0, 0.1) is 5.92 Å². The molecule has 0 saturated heterocycles. The molecule has 0 radical (unpaired) electrons. The molecule has 1 fully saturated rings. The van der Waals surface area contributed by atoms with Crippen LogP contribution in [-0.4, -0.2) is 30.2 Å². The topological polar surface area (TPSA) is 84.9 Å². The lowest BCUT2D eigenvalue weighted by atomic mass is 9.94. The number of carbonyl (C=O) groups is 2. The van der Waals surface area contributed by atoms with Crippen molar-refractivity contribution >= 4 is 17.6 Å². The number of rotatable bonds is 1. The number of fused-ring (bicyclic) bond motifs is 3. The van der Waals surface area contributed by atoms with Crippen LogP contribution in [0.2, 0.25) is 0 Å². The normalized spacial score (nSPS) is 29.9. The van der Waals surface area contributed by atoms with E-state index >= 15 is 0 Å². The summed E-state index contributed by atoms with van der Waals surface area (Å²) in [7, 11) is 0. The standard InChI is InChI=1S/C13H11NO5/c15-11(16)7-5-13(7)6-3-9-10(19-2-1-18-9)4-8(6)14-12(13)17/h3-4,7H,1-2,5H2,(H,14,17)(H,15,16). The van der Waals surface area contributed by atoms with Gasteiger partial charge in [-0.1, -0.05) is 0 Å². The summed E-state index contributed by atoms with van der Waals surface area (Å²) in [5.74, 6) is -0.641. The summed E-state index contributed by atoms with van der Waals surface area (Å²) >= 11 is 0. The molecular weight excluding hydrogens is 250 g/mol. The van der Waals surface area contributed by atoms with E-state index in [4.69, 9.17) is 14.6 Å². The zero-order chi connectivity index (χ0) is 13.2. The van der Waals surface area contributed by atoms with Gasteiger partial charge in [-0.2, -0.15) is 0 Å². The molecule has 2 N–H and O–H groups in total. The summed E-state index contributed by atoms with van der Waals surface area (Å²) in [5.41, 5.74) is 0.448. The van der Waals surface area contributed by atoms with Crippen molar-refractivity contribution in [3.05, 3.63) is 17.7 Å². The molecular formula is C13H11NO5. The third-order valence-electron chi connectivity index (χ3n) is 4.08. The predicted octanol–water partition coefficient (Wildman–Crippen LogP) is 0.752. The van der Waals surface area contributed by atoms with Gasteiger partial charge < -0.3 is 19.9 Å². The molecule has 98 valence electrons. The van der Waals surface area contributed by atoms with Crippen LogP contribution in [0.25, 0.3) is 0 Å². The van der Waals surface area contributed by atoms with E-state index in [1.807, 2.05) is 0 Å². The van der Waals surface area contributed by atoms with E-state index in [1.54, 1.807) is 12.1 Å². The Labute approximate surface area is 108 Å². The second-order valence-corrected chi connectivity index (χ2v) is 5.06. The van der Waals surface area contributed by atoms with Gasteiger partial charge in [-0.25, -0.2) is 0 Å². The lowest BCUT2D eigenvalue weighted by molar-refractivity contribution is -0.140. The van der Waals surface area contributed by atoms with Gasteiger partial charge in [0.2, 0.25) is 5.91 Å². The maximum absolute atomic E-state index is 12.1. The molecule has 1 aromatic rings. The Morgan fingerprint density at radius 1 is 1.32 bits per heavy atom. The number of carboxylic acids is 1. The molecule has 2 atom stereocenters. The Hall–Kier alpha value is -2.24. The summed E-state index contributed by atoms with van der Waals surface area (Å²) in [6.45, 7) is 0.936. The van der Waals surface area contributed by atoms with Crippen LogP contribution in [0.5, 0.6) is 11.5 Å². The lowest BCUT2D eigenvalue weighted by Crippen LogP contribution is -2.24. The molecule has 3 aliphatic rings. The van der Waals surface area contributed by atoms with Crippen LogP contribution in [0.1, 0.15) is 12.0 Å². The van der Waals surface area contributed by atoms with Crippen molar-refractivity contribution in [2.45, 2.75) is 11.8 Å². The highest BCUT2D eigenvalue weighted by Crippen LogP contribution is 2.61. The first-order chi connectivity index (χ1) is 9.13. The van der Waals surface area contributed by atoms with Gasteiger partial charge in [-0.05, 0) is 18.1 Å². The van der Waals surface area contributed by atoms with Gasteiger partial charge in [0.15, 0.2) is 11.5 Å². The molecule has 2 aliphatic heterocycles. The number of anilines is 1. The largest absolute Gasteiger partial charge is 0.486 e. The van der Waals surface area contributed by atoms with Crippen LogP contribution in [0.4, 0.5) is 5.69 Å². The Balaban J connectivity index is 1.85. The fraction of sp³-hybridized carbons (Fsp3) is 0.385. The third-order valence-corrected chi connectivity index (χ3v) is 4.08. The van der Waals surface area contributed by atoms with Gasteiger partial charge in [0.1, 0.15) is 13.2 Å². The fourth-order valence-electron chi connectivity index (χ4n) is 3.03. The van der Waals surface area contributed by atoms with Gasteiger partial charge in [-0.15, -0.1) is 0 Å². The summed E-state index contributed by atoms with van der Waals surface area (Å²) in [6, 6.07) is 3.46. The Morgan fingerprint density at radius 3 is 2.63 bits per heavy atom. The average Bonchev–Trinajstić information content (AvgIpc) is 3.08. The quantitative estimate of drug-likeness (QED) is 0.779. The van der Waals surface area contributed by atoms with E-state index in [0.717, 1.165) is 0 Å². The summed E-state index contributed by atoms with van der Waals surface area (Å²) in [4.78, 5) is 23.2. The molecule has 2 unspecified atom stereocenters.